The molecule has 6 nitrogen and oxygen atoms in total. The molecule has 0 saturated carbocycles. The van der Waals surface area contributed by atoms with Gasteiger partial charge < -0.3 is 15.2 Å². The van der Waals surface area contributed by atoms with Crippen LogP contribution in [0, 0.1) is 30.3 Å². The van der Waals surface area contributed by atoms with Crippen molar-refractivity contribution in [3.8, 4) is 11.3 Å². The normalized spacial score (nSPS) is 15.9. The van der Waals surface area contributed by atoms with Gasteiger partial charge in [-0.3, -0.25) is 14.6 Å². The van der Waals surface area contributed by atoms with Crippen LogP contribution >= 0.6 is 0 Å². The molecule has 3 heterocycles. The second-order valence-electron chi connectivity index (χ2n) is 7.40. The van der Waals surface area contributed by atoms with Crippen LogP contribution in [0.1, 0.15) is 22.6 Å². The third-order valence-electron chi connectivity index (χ3n) is 5.31. The Bertz CT molecular complexity index is 1140. The number of nitrogens with zero attached hydrogens (tertiary/aromatic N) is 2. The zero-order chi connectivity index (χ0) is 22.1. The number of aromatic amines is 1. The van der Waals surface area contributed by atoms with Gasteiger partial charge in [0.05, 0.1) is 5.92 Å². The van der Waals surface area contributed by atoms with Crippen molar-refractivity contribution in [3.63, 3.8) is 0 Å². The molecule has 1 aromatic carbocycles. The van der Waals surface area contributed by atoms with Gasteiger partial charge in [-0.25, -0.2) is 13.2 Å². The molecule has 1 saturated heterocycles. The second-order valence-corrected chi connectivity index (χ2v) is 7.40. The quantitative estimate of drug-likeness (QED) is 0.619. The van der Waals surface area contributed by atoms with Crippen molar-refractivity contribution in [1.82, 2.24) is 14.9 Å². The average Bonchev–Trinajstić information content (AvgIpc) is 3.42. The molecule has 2 aromatic heterocycles. The number of carbonyl (C=O) groups excluding carboxylic acids is 2. The van der Waals surface area contributed by atoms with Crippen molar-refractivity contribution in [2.24, 2.45) is 5.92 Å². The number of aromatic nitrogens is 2. The number of rotatable bonds is 4. The lowest BCUT2D eigenvalue weighted by Crippen LogP contribution is -2.31. The van der Waals surface area contributed by atoms with E-state index < -0.39 is 29.3 Å². The molecule has 2 N–H and O–H groups in total. The topological polar surface area (TPSA) is 78.1 Å². The van der Waals surface area contributed by atoms with Gasteiger partial charge in [-0.1, -0.05) is 0 Å². The van der Waals surface area contributed by atoms with Gasteiger partial charge in [-0.15, -0.1) is 0 Å². The first-order chi connectivity index (χ1) is 14.8. The van der Waals surface area contributed by atoms with Crippen LogP contribution in [0.3, 0.4) is 0 Å². The van der Waals surface area contributed by atoms with Crippen molar-refractivity contribution in [2.45, 2.75) is 13.3 Å². The van der Waals surface area contributed by atoms with Gasteiger partial charge in [-0.05, 0) is 37.6 Å². The molecule has 2 amide bonds. The lowest BCUT2D eigenvalue weighted by atomic mass is 10.1. The highest BCUT2D eigenvalue weighted by Gasteiger charge is 2.32. The number of amides is 2. The van der Waals surface area contributed by atoms with Crippen LogP contribution in [-0.2, 0) is 4.79 Å². The van der Waals surface area contributed by atoms with Gasteiger partial charge in [0.1, 0.15) is 5.69 Å². The summed E-state index contributed by atoms with van der Waals surface area (Å²) in [6.45, 7) is 2.40. The molecule has 1 atom stereocenters. The molecule has 4 rings (SSSR count). The van der Waals surface area contributed by atoms with E-state index in [0.717, 1.165) is 29.1 Å². The number of hydrogen-bond donors (Lipinski definition) is 2. The van der Waals surface area contributed by atoms with E-state index in [9.17, 15) is 22.8 Å². The Morgan fingerprint density at radius 1 is 1.16 bits per heavy atom. The zero-order valence-electron chi connectivity index (χ0n) is 16.6. The molecule has 0 aliphatic carbocycles. The number of hydrogen-bond acceptors (Lipinski definition) is 3. The fourth-order valence-electron chi connectivity index (χ4n) is 3.65. The predicted octanol–water partition coefficient (Wildman–Crippen LogP) is 3.90. The Kier molecular flexibility index (Phi) is 5.50. The zero-order valence-corrected chi connectivity index (χ0v) is 16.6. The first-order valence-corrected chi connectivity index (χ1v) is 9.69. The molecule has 31 heavy (non-hydrogen) atoms. The van der Waals surface area contributed by atoms with E-state index in [4.69, 9.17) is 0 Å². The van der Waals surface area contributed by atoms with E-state index in [1.807, 2.05) is 19.1 Å². The van der Waals surface area contributed by atoms with Crippen LogP contribution < -0.4 is 5.32 Å². The van der Waals surface area contributed by atoms with Gasteiger partial charge in [0.15, 0.2) is 17.5 Å². The number of pyridine rings is 1. The molecule has 1 aliphatic heterocycles. The van der Waals surface area contributed by atoms with Crippen LogP contribution in [-0.4, -0.2) is 39.8 Å². The van der Waals surface area contributed by atoms with Crippen LogP contribution in [0.25, 0.3) is 11.3 Å². The molecule has 0 spiro atoms. The Morgan fingerprint density at radius 3 is 2.61 bits per heavy atom. The molecular formula is C22H19F3N4O2. The number of anilines is 1. The molecule has 9 heteroatoms. The molecular weight excluding hydrogens is 409 g/mol. The molecule has 160 valence electrons. The van der Waals surface area contributed by atoms with Crippen molar-refractivity contribution >= 4 is 17.5 Å². The highest BCUT2D eigenvalue weighted by molar-refractivity contribution is 5.96. The van der Waals surface area contributed by atoms with E-state index in [1.165, 1.54) is 0 Å². The summed E-state index contributed by atoms with van der Waals surface area (Å²) in [7, 11) is 0. The molecule has 0 radical (unpaired) electrons. The molecule has 0 bridgehead atoms. The summed E-state index contributed by atoms with van der Waals surface area (Å²) in [6.07, 6.45) is 2.09. The first-order valence-electron chi connectivity index (χ1n) is 9.69. The summed E-state index contributed by atoms with van der Waals surface area (Å²) >= 11 is 0. The van der Waals surface area contributed by atoms with Gasteiger partial charge in [0.25, 0.3) is 5.91 Å². The highest BCUT2D eigenvalue weighted by atomic mass is 19.2. The standard InChI is InChI=1S/C22H19F3N4O2/c1-12-15(3-2-7-26-12)18-4-5-19(28-18)22(31)29-8-6-13(11-29)21(30)27-14-9-16(23)20(25)17(24)10-14/h2-5,7,9-10,13,28H,6,8,11H2,1H3,(H,27,30). The summed E-state index contributed by atoms with van der Waals surface area (Å²) in [5.74, 6) is -5.65. The van der Waals surface area contributed by atoms with Gasteiger partial charge in [-0.2, -0.15) is 0 Å². The maximum atomic E-state index is 13.3. The monoisotopic (exact) mass is 428 g/mol. The Balaban J connectivity index is 1.41. The van der Waals surface area contributed by atoms with E-state index in [1.54, 1.807) is 23.2 Å². The number of likely N-dealkylation sites (tertiary alicyclic amines) is 1. The lowest BCUT2D eigenvalue weighted by Gasteiger charge is -2.16. The summed E-state index contributed by atoms with van der Waals surface area (Å²) in [4.78, 5) is 34.2. The number of benzene rings is 1. The van der Waals surface area contributed by atoms with Gasteiger partial charge in [0.2, 0.25) is 5.91 Å². The fraction of sp³-hybridized carbons (Fsp3) is 0.227. The van der Waals surface area contributed by atoms with Crippen molar-refractivity contribution < 1.29 is 22.8 Å². The summed E-state index contributed by atoms with van der Waals surface area (Å²) in [5.41, 5.74) is 2.70. The minimum atomic E-state index is -1.59. The fourth-order valence-corrected chi connectivity index (χ4v) is 3.65. The number of aryl methyl sites for hydroxylation is 1. The van der Waals surface area contributed by atoms with Crippen LogP contribution in [0.2, 0.25) is 0 Å². The van der Waals surface area contributed by atoms with Gasteiger partial charge >= 0.3 is 0 Å². The SMILES string of the molecule is Cc1ncccc1-c1ccc(C(=O)N2CCC(C(=O)Nc3cc(F)c(F)c(F)c3)C2)[nH]1. The first kappa shape index (κ1) is 20.6. The Hall–Kier alpha value is -3.62. The predicted molar refractivity (Wildman–Crippen MR) is 108 cm³/mol. The largest absolute Gasteiger partial charge is 0.350 e. The number of carbonyl (C=O) groups is 2. The third-order valence-corrected chi connectivity index (χ3v) is 5.31. The van der Waals surface area contributed by atoms with Crippen molar-refractivity contribution in [2.75, 3.05) is 18.4 Å². The summed E-state index contributed by atoms with van der Waals surface area (Å²) in [6, 6.07) is 8.63. The summed E-state index contributed by atoms with van der Waals surface area (Å²) in [5, 5.41) is 2.39. The van der Waals surface area contributed by atoms with Crippen LogP contribution in [0.15, 0.2) is 42.6 Å². The maximum Gasteiger partial charge on any atom is 0.270 e. The van der Waals surface area contributed by atoms with Crippen molar-refractivity contribution in [1.29, 1.82) is 0 Å². The minimum Gasteiger partial charge on any atom is -0.350 e. The molecule has 3 aromatic rings. The minimum absolute atomic E-state index is 0.164. The van der Waals surface area contributed by atoms with E-state index in [2.05, 4.69) is 15.3 Å². The van der Waals surface area contributed by atoms with E-state index in [0.29, 0.717) is 18.7 Å². The average molecular weight is 428 g/mol. The third kappa shape index (κ3) is 4.16. The highest BCUT2D eigenvalue weighted by Crippen LogP contribution is 2.25. The van der Waals surface area contributed by atoms with Crippen molar-refractivity contribution in [3.05, 3.63) is 71.4 Å². The second kappa shape index (κ2) is 8.25. The molecule has 1 unspecified atom stereocenters. The van der Waals surface area contributed by atoms with Gasteiger partial charge in [0, 0.05) is 54.1 Å². The smallest absolute Gasteiger partial charge is 0.270 e. The molecule has 1 fully saturated rings. The lowest BCUT2D eigenvalue weighted by molar-refractivity contribution is -0.119. The number of nitrogens with one attached hydrogen (secondary N) is 2. The van der Waals surface area contributed by atoms with Crippen LogP contribution in [0.5, 0.6) is 0 Å². The number of halogens is 3. The van der Waals surface area contributed by atoms with E-state index >= 15 is 0 Å². The molecule has 1 aliphatic rings. The van der Waals surface area contributed by atoms with E-state index in [-0.39, 0.29) is 18.1 Å². The maximum absolute atomic E-state index is 13.3. The summed E-state index contributed by atoms with van der Waals surface area (Å²) < 4.78 is 39.8. The Labute approximate surface area is 176 Å². The Morgan fingerprint density at radius 2 is 1.90 bits per heavy atom. The number of H-pyrrole nitrogens is 1. The van der Waals surface area contributed by atoms with Crippen LogP contribution in [0.4, 0.5) is 18.9 Å².